The zero-order valence-corrected chi connectivity index (χ0v) is 19.5. The Morgan fingerprint density at radius 2 is 1.71 bits per heavy atom. The molecular formula is C26H28FN3O3S. The van der Waals surface area contributed by atoms with E-state index in [1.54, 1.807) is 12.1 Å². The third-order valence-corrected chi connectivity index (χ3v) is 6.68. The molecule has 178 valence electrons. The first kappa shape index (κ1) is 24.1. The topological polar surface area (TPSA) is 97.4 Å². The molecule has 0 bridgehead atoms. The Morgan fingerprint density at radius 1 is 0.941 bits per heavy atom. The molecule has 1 aromatic heterocycles. The minimum Gasteiger partial charge on any atom is -0.506 e. The second-order valence-corrected chi connectivity index (χ2v) is 9.20. The highest BCUT2D eigenvalue weighted by Gasteiger charge is 2.13. The van der Waals surface area contributed by atoms with Crippen LogP contribution in [0.4, 0.5) is 4.39 Å². The molecule has 6 nitrogen and oxygen atoms in total. The van der Waals surface area contributed by atoms with E-state index < -0.39 is 6.23 Å². The SMILES string of the molecule is O=c1[nH]c2c(O)ccc(CC(O)NCCc3ccc(CNCCc4ccccc4F)cc3)c2s1. The zero-order valence-electron chi connectivity index (χ0n) is 18.7. The van der Waals surface area contributed by atoms with Gasteiger partial charge in [-0.25, -0.2) is 4.39 Å². The summed E-state index contributed by atoms with van der Waals surface area (Å²) in [6.45, 7) is 2.03. The van der Waals surface area contributed by atoms with Crippen LogP contribution in [0, 0.1) is 5.82 Å². The van der Waals surface area contributed by atoms with Crippen LogP contribution in [-0.2, 0) is 25.8 Å². The molecule has 8 heteroatoms. The molecule has 4 rings (SSSR count). The molecule has 4 aromatic rings. The molecule has 0 spiro atoms. The highest BCUT2D eigenvalue weighted by Crippen LogP contribution is 2.28. The Kier molecular flexibility index (Phi) is 8.08. The molecule has 0 aliphatic carbocycles. The Labute approximate surface area is 201 Å². The van der Waals surface area contributed by atoms with E-state index in [0.717, 1.165) is 46.6 Å². The van der Waals surface area contributed by atoms with Gasteiger partial charge in [0, 0.05) is 19.5 Å². The summed E-state index contributed by atoms with van der Waals surface area (Å²) in [5, 5.41) is 26.7. The van der Waals surface area contributed by atoms with Crippen molar-refractivity contribution in [2.45, 2.75) is 32.0 Å². The first-order chi connectivity index (χ1) is 16.5. The third kappa shape index (κ3) is 6.30. The molecule has 1 atom stereocenters. The van der Waals surface area contributed by atoms with Gasteiger partial charge in [0.1, 0.15) is 23.3 Å². The molecule has 3 aromatic carbocycles. The molecule has 0 radical (unpaired) electrons. The number of thiazole rings is 1. The Morgan fingerprint density at radius 3 is 2.50 bits per heavy atom. The highest BCUT2D eigenvalue weighted by molar-refractivity contribution is 7.16. The Hall–Kier alpha value is -3.04. The van der Waals surface area contributed by atoms with Crippen molar-refractivity contribution in [1.29, 1.82) is 0 Å². The van der Waals surface area contributed by atoms with E-state index in [2.05, 4.69) is 39.9 Å². The standard InChI is InChI=1S/C26H28FN3O3S/c27-21-4-2-1-3-19(21)12-13-28-16-18-7-5-17(6-8-18)11-14-29-23(32)15-20-9-10-22(31)24-25(20)34-26(33)30-24/h1-10,23,28-29,31-32H,11-16H2,(H,30,33). The van der Waals surface area contributed by atoms with E-state index in [-0.39, 0.29) is 16.4 Å². The summed E-state index contributed by atoms with van der Waals surface area (Å²) in [7, 11) is 0. The quantitative estimate of drug-likeness (QED) is 0.167. The van der Waals surface area contributed by atoms with Gasteiger partial charge in [-0.3, -0.25) is 10.1 Å². The number of fused-ring (bicyclic) bond motifs is 1. The molecule has 5 N–H and O–H groups in total. The maximum Gasteiger partial charge on any atom is 0.305 e. The molecular weight excluding hydrogens is 453 g/mol. The van der Waals surface area contributed by atoms with Crippen LogP contribution in [0.1, 0.15) is 22.3 Å². The summed E-state index contributed by atoms with van der Waals surface area (Å²) in [6, 6.07) is 18.4. The summed E-state index contributed by atoms with van der Waals surface area (Å²) in [6.07, 6.45) is 0.989. The lowest BCUT2D eigenvalue weighted by atomic mass is 10.1. The fraction of sp³-hybridized carbons (Fsp3) is 0.269. The van der Waals surface area contributed by atoms with Crippen LogP contribution in [0.15, 0.2) is 65.5 Å². The number of hydrogen-bond acceptors (Lipinski definition) is 6. The first-order valence-electron chi connectivity index (χ1n) is 11.3. The van der Waals surface area contributed by atoms with Crippen LogP contribution in [0.2, 0.25) is 0 Å². The number of phenolic OH excluding ortho intramolecular Hbond substituents is 1. The van der Waals surface area contributed by atoms with Gasteiger partial charge in [-0.05, 0) is 53.8 Å². The van der Waals surface area contributed by atoms with Crippen LogP contribution < -0.4 is 15.5 Å². The van der Waals surface area contributed by atoms with E-state index in [9.17, 15) is 19.4 Å². The average molecular weight is 482 g/mol. The normalized spacial score (nSPS) is 12.3. The number of nitrogens with one attached hydrogen (secondary N) is 3. The number of aliphatic hydroxyl groups is 1. The Balaban J connectivity index is 1.19. The predicted molar refractivity (Wildman–Crippen MR) is 134 cm³/mol. The lowest BCUT2D eigenvalue weighted by Gasteiger charge is -2.14. The number of aliphatic hydroxyl groups excluding tert-OH is 1. The van der Waals surface area contributed by atoms with Gasteiger partial charge in [-0.2, -0.15) is 0 Å². The number of halogens is 1. The van der Waals surface area contributed by atoms with Crippen molar-refractivity contribution in [3.8, 4) is 5.75 Å². The fourth-order valence-electron chi connectivity index (χ4n) is 3.88. The van der Waals surface area contributed by atoms with Crippen LogP contribution in [0.5, 0.6) is 5.75 Å². The summed E-state index contributed by atoms with van der Waals surface area (Å²) in [5.41, 5.74) is 4.26. The molecule has 0 saturated heterocycles. The van der Waals surface area contributed by atoms with Gasteiger partial charge in [0.25, 0.3) is 0 Å². The van der Waals surface area contributed by atoms with Crippen LogP contribution in [0.25, 0.3) is 10.2 Å². The van der Waals surface area contributed by atoms with Crippen molar-refractivity contribution in [1.82, 2.24) is 15.6 Å². The fourth-order valence-corrected chi connectivity index (χ4v) is 4.76. The predicted octanol–water partition coefficient (Wildman–Crippen LogP) is 3.46. The molecule has 34 heavy (non-hydrogen) atoms. The number of H-pyrrole nitrogens is 1. The summed E-state index contributed by atoms with van der Waals surface area (Å²) >= 11 is 1.03. The van der Waals surface area contributed by atoms with Crippen LogP contribution >= 0.6 is 11.3 Å². The number of aromatic hydroxyl groups is 1. The average Bonchev–Trinajstić information content (AvgIpc) is 3.23. The maximum atomic E-state index is 13.7. The van der Waals surface area contributed by atoms with Gasteiger partial charge in [-0.1, -0.05) is 59.9 Å². The number of aromatic amines is 1. The molecule has 0 amide bonds. The summed E-state index contributed by atoms with van der Waals surface area (Å²) in [5.74, 6) is -0.131. The number of rotatable bonds is 11. The van der Waals surface area contributed by atoms with Crippen molar-refractivity contribution in [2.75, 3.05) is 13.1 Å². The van der Waals surface area contributed by atoms with Crippen LogP contribution in [0.3, 0.4) is 0 Å². The summed E-state index contributed by atoms with van der Waals surface area (Å²) < 4.78 is 14.3. The molecule has 0 fully saturated rings. The largest absolute Gasteiger partial charge is 0.506 e. The van der Waals surface area contributed by atoms with E-state index in [1.165, 1.54) is 12.1 Å². The third-order valence-electron chi connectivity index (χ3n) is 5.73. The molecule has 0 aliphatic heterocycles. The number of hydrogen-bond donors (Lipinski definition) is 5. The zero-order chi connectivity index (χ0) is 23.9. The van der Waals surface area contributed by atoms with E-state index in [1.807, 2.05) is 12.1 Å². The first-order valence-corrected chi connectivity index (χ1v) is 12.1. The van der Waals surface area contributed by atoms with Gasteiger partial charge in [0.15, 0.2) is 0 Å². The lowest BCUT2D eigenvalue weighted by Crippen LogP contribution is -2.32. The number of aromatic nitrogens is 1. The Bertz CT molecular complexity index is 1290. The van der Waals surface area contributed by atoms with Gasteiger partial charge in [0.05, 0.1) is 4.70 Å². The van der Waals surface area contributed by atoms with E-state index in [0.29, 0.717) is 36.1 Å². The van der Waals surface area contributed by atoms with Gasteiger partial charge >= 0.3 is 4.87 Å². The second kappa shape index (κ2) is 11.4. The van der Waals surface area contributed by atoms with Gasteiger partial charge in [-0.15, -0.1) is 0 Å². The van der Waals surface area contributed by atoms with Gasteiger partial charge in [0.2, 0.25) is 0 Å². The number of phenols is 1. The minimum atomic E-state index is -0.761. The minimum absolute atomic E-state index is 0.0308. The van der Waals surface area contributed by atoms with Crippen molar-refractivity contribution in [3.63, 3.8) is 0 Å². The van der Waals surface area contributed by atoms with E-state index >= 15 is 0 Å². The van der Waals surface area contributed by atoms with Crippen molar-refractivity contribution in [2.24, 2.45) is 0 Å². The molecule has 0 aliphatic rings. The number of benzene rings is 3. The monoisotopic (exact) mass is 481 g/mol. The lowest BCUT2D eigenvalue weighted by molar-refractivity contribution is 0.138. The summed E-state index contributed by atoms with van der Waals surface area (Å²) in [4.78, 5) is 14.0. The highest BCUT2D eigenvalue weighted by atomic mass is 32.1. The molecule has 0 saturated carbocycles. The molecule has 1 heterocycles. The van der Waals surface area contributed by atoms with Crippen molar-refractivity contribution in [3.05, 3.63) is 98.4 Å². The second-order valence-electron chi connectivity index (χ2n) is 8.22. The maximum absolute atomic E-state index is 13.7. The smallest absolute Gasteiger partial charge is 0.305 e. The van der Waals surface area contributed by atoms with Crippen molar-refractivity contribution >= 4 is 21.6 Å². The van der Waals surface area contributed by atoms with Crippen molar-refractivity contribution < 1.29 is 14.6 Å². The van der Waals surface area contributed by atoms with Crippen LogP contribution in [-0.4, -0.2) is 34.5 Å². The van der Waals surface area contributed by atoms with Gasteiger partial charge < -0.3 is 20.5 Å². The molecule has 1 unspecified atom stereocenters. The van der Waals surface area contributed by atoms with E-state index in [4.69, 9.17) is 0 Å².